The summed E-state index contributed by atoms with van der Waals surface area (Å²) in [5.74, 6) is -0.306. The van der Waals surface area contributed by atoms with Gasteiger partial charge in [0.1, 0.15) is 23.2 Å². The molecule has 3 heterocycles. The summed E-state index contributed by atoms with van der Waals surface area (Å²) in [4.78, 5) is 4.68. The smallest absolute Gasteiger partial charge is 0.206 e. The van der Waals surface area contributed by atoms with Crippen molar-refractivity contribution < 1.29 is 13.5 Å². The molecule has 1 N–H and O–H groups in total. The third kappa shape index (κ3) is 3.11. The molecule has 5 rings (SSSR count). The van der Waals surface area contributed by atoms with Crippen LogP contribution < -0.4 is 4.68 Å². The fourth-order valence-corrected chi connectivity index (χ4v) is 4.43. The summed E-state index contributed by atoms with van der Waals surface area (Å²) in [7, 11) is 1.86. The monoisotopic (exact) mass is 503 g/mol. The van der Waals surface area contributed by atoms with E-state index in [0.29, 0.717) is 32.4 Å². The first-order valence-electron chi connectivity index (χ1n) is 9.37. The Bertz CT molecular complexity index is 1360. The van der Waals surface area contributed by atoms with Crippen molar-refractivity contribution >= 4 is 33.2 Å². The molecule has 0 saturated carbocycles. The summed E-state index contributed by atoms with van der Waals surface area (Å²) in [5.41, 5.74) is 1.81. The predicted octanol–water partition coefficient (Wildman–Crippen LogP) is 4.69. The van der Waals surface area contributed by atoms with Crippen LogP contribution in [0.4, 0.5) is 8.78 Å². The van der Waals surface area contributed by atoms with Crippen molar-refractivity contribution in [2.75, 3.05) is 0 Å². The molecule has 0 unspecified atom stereocenters. The second-order valence-electron chi connectivity index (χ2n) is 7.19. The first-order chi connectivity index (χ1) is 14.9. The highest BCUT2D eigenvalue weighted by atomic mass is 79.9. The Balaban J connectivity index is 1.87. The molecule has 0 amide bonds. The van der Waals surface area contributed by atoms with Gasteiger partial charge in [-0.05, 0) is 47.1 Å². The number of nitrogens with one attached hydrogen (secondary N) is 1. The van der Waals surface area contributed by atoms with Gasteiger partial charge in [0.05, 0.1) is 28.2 Å². The first kappa shape index (κ1) is 20.0. The molecule has 2 aromatic heterocycles. The summed E-state index contributed by atoms with van der Waals surface area (Å²) in [6, 6.07) is 6.70. The van der Waals surface area contributed by atoms with Crippen molar-refractivity contribution in [2.24, 2.45) is 12.0 Å². The highest BCUT2D eigenvalue weighted by molar-refractivity contribution is 9.10. The van der Waals surface area contributed by atoms with E-state index in [-0.39, 0.29) is 11.3 Å². The summed E-state index contributed by atoms with van der Waals surface area (Å²) in [6.45, 7) is 1.81. The maximum atomic E-state index is 14.8. The molecule has 0 aliphatic carbocycles. The van der Waals surface area contributed by atoms with Crippen molar-refractivity contribution in [1.82, 2.24) is 19.9 Å². The van der Waals surface area contributed by atoms with E-state index in [1.54, 1.807) is 23.0 Å². The third-order valence-corrected chi connectivity index (χ3v) is 6.52. The Morgan fingerprint density at radius 3 is 2.55 bits per heavy atom. The Morgan fingerprint density at radius 1 is 1.13 bits per heavy atom. The quantitative estimate of drug-likeness (QED) is 0.403. The van der Waals surface area contributed by atoms with Gasteiger partial charge in [0.2, 0.25) is 6.20 Å². The second kappa shape index (κ2) is 7.35. The minimum Gasteiger partial charge on any atom is -0.276 e. The standard InChI is InChI=1S/C21H14BrClF2N6/c1-10-20-28-29-21(11-8-26-30(2)9-11)31(20)15-7-6-12(23)18(22)17(15)19(27-10)16-13(24)4-3-5-14(16)25/h3-10H,1-2H3/p+1/t10-/m0/s1. The SMILES string of the molecule is C[C@@H]1N=C(c2c(F)cccc2F)c2c(ccc(Cl)c2Br)-n2c(-c3c[nH][n+](C)c3)nnc21. The van der Waals surface area contributed by atoms with E-state index >= 15 is 0 Å². The minimum atomic E-state index is -0.709. The summed E-state index contributed by atoms with van der Waals surface area (Å²) < 4.78 is 33.7. The van der Waals surface area contributed by atoms with E-state index < -0.39 is 17.7 Å². The molecule has 2 aromatic carbocycles. The van der Waals surface area contributed by atoms with Crippen molar-refractivity contribution in [3.05, 3.63) is 80.8 Å². The van der Waals surface area contributed by atoms with E-state index in [1.165, 1.54) is 18.2 Å². The van der Waals surface area contributed by atoms with Gasteiger partial charge in [0.15, 0.2) is 18.7 Å². The molecular formula is C21H15BrClF2N6+. The Hall–Kier alpha value is -2.91. The molecule has 6 nitrogen and oxygen atoms in total. The van der Waals surface area contributed by atoms with E-state index in [1.807, 2.05) is 24.7 Å². The lowest BCUT2D eigenvalue weighted by molar-refractivity contribution is -0.726. The third-order valence-electron chi connectivity index (χ3n) is 5.15. The fraction of sp³-hybridized carbons (Fsp3) is 0.143. The number of H-pyrrole nitrogens is 1. The van der Waals surface area contributed by atoms with Crippen LogP contribution in [0.3, 0.4) is 0 Å². The van der Waals surface area contributed by atoms with Gasteiger partial charge in [0, 0.05) is 10.0 Å². The second-order valence-corrected chi connectivity index (χ2v) is 8.39. The molecule has 156 valence electrons. The van der Waals surface area contributed by atoms with Crippen LogP contribution in [0.1, 0.15) is 29.9 Å². The molecule has 1 atom stereocenters. The largest absolute Gasteiger partial charge is 0.276 e. The highest BCUT2D eigenvalue weighted by Crippen LogP contribution is 2.39. The van der Waals surface area contributed by atoms with Gasteiger partial charge in [-0.15, -0.1) is 14.9 Å². The van der Waals surface area contributed by atoms with E-state index in [0.717, 1.165) is 5.56 Å². The summed E-state index contributed by atoms with van der Waals surface area (Å²) in [6.07, 6.45) is 3.67. The lowest BCUT2D eigenvalue weighted by atomic mass is 9.99. The van der Waals surface area contributed by atoms with Gasteiger partial charge in [-0.2, -0.15) is 5.10 Å². The molecule has 0 spiro atoms. The molecule has 1 aliphatic heterocycles. The molecule has 0 fully saturated rings. The van der Waals surface area contributed by atoms with Gasteiger partial charge in [-0.3, -0.25) is 9.56 Å². The molecule has 10 heteroatoms. The molecule has 4 aromatic rings. The molecular weight excluding hydrogens is 490 g/mol. The predicted molar refractivity (Wildman–Crippen MR) is 115 cm³/mol. The van der Waals surface area contributed by atoms with Crippen LogP contribution >= 0.6 is 27.5 Å². The van der Waals surface area contributed by atoms with E-state index in [9.17, 15) is 8.78 Å². The van der Waals surface area contributed by atoms with Crippen LogP contribution in [0.25, 0.3) is 17.1 Å². The zero-order valence-electron chi connectivity index (χ0n) is 16.4. The number of halogens is 4. The van der Waals surface area contributed by atoms with Gasteiger partial charge in [-0.25, -0.2) is 8.78 Å². The number of hydrogen-bond acceptors (Lipinski definition) is 3. The number of benzene rings is 2. The number of aliphatic imine (C=N–C) groups is 1. The molecule has 0 saturated heterocycles. The normalized spacial score (nSPS) is 15.3. The molecule has 31 heavy (non-hydrogen) atoms. The Kier molecular flexibility index (Phi) is 4.75. The molecule has 0 bridgehead atoms. The van der Waals surface area contributed by atoms with Crippen molar-refractivity contribution in [2.45, 2.75) is 13.0 Å². The zero-order valence-corrected chi connectivity index (χ0v) is 18.7. The average Bonchev–Trinajstić information content (AvgIpc) is 3.32. The fourth-order valence-electron chi connectivity index (χ4n) is 3.75. The molecule has 0 radical (unpaired) electrons. The lowest BCUT2D eigenvalue weighted by Gasteiger charge is -2.16. The molecule has 1 aliphatic rings. The first-order valence-corrected chi connectivity index (χ1v) is 10.5. The van der Waals surface area contributed by atoms with Crippen LogP contribution in [-0.4, -0.2) is 25.6 Å². The van der Waals surface area contributed by atoms with E-state index in [4.69, 9.17) is 11.6 Å². The average molecular weight is 505 g/mol. The number of rotatable bonds is 2. The van der Waals surface area contributed by atoms with E-state index in [2.05, 4.69) is 36.2 Å². The van der Waals surface area contributed by atoms with Gasteiger partial charge < -0.3 is 0 Å². The number of aryl methyl sites for hydroxylation is 1. The highest BCUT2D eigenvalue weighted by Gasteiger charge is 2.32. The topological polar surface area (TPSA) is 62.7 Å². The maximum absolute atomic E-state index is 14.8. The number of hydrogen-bond donors (Lipinski definition) is 1. The van der Waals surface area contributed by atoms with Crippen LogP contribution in [-0.2, 0) is 7.05 Å². The zero-order chi connectivity index (χ0) is 21.9. The van der Waals surface area contributed by atoms with Crippen LogP contribution in [0.5, 0.6) is 0 Å². The van der Waals surface area contributed by atoms with Crippen LogP contribution in [0, 0.1) is 11.6 Å². The number of nitrogens with zero attached hydrogens (tertiary/aromatic N) is 5. The Labute approximate surface area is 189 Å². The van der Waals surface area contributed by atoms with Crippen LogP contribution in [0.2, 0.25) is 5.02 Å². The summed E-state index contributed by atoms with van der Waals surface area (Å²) in [5, 5.41) is 12.2. The minimum absolute atomic E-state index is 0.156. The lowest BCUT2D eigenvalue weighted by Crippen LogP contribution is -2.27. The summed E-state index contributed by atoms with van der Waals surface area (Å²) >= 11 is 9.90. The van der Waals surface area contributed by atoms with Crippen molar-refractivity contribution in [3.63, 3.8) is 0 Å². The number of aromatic nitrogens is 5. The van der Waals surface area contributed by atoms with Gasteiger partial charge in [0.25, 0.3) is 0 Å². The Morgan fingerprint density at radius 2 is 1.87 bits per heavy atom. The maximum Gasteiger partial charge on any atom is 0.206 e. The number of fused-ring (bicyclic) bond motifs is 3. The van der Waals surface area contributed by atoms with Gasteiger partial charge >= 0.3 is 0 Å². The van der Waals surface area contributed by atoms with Crippen molar-refractivity contribution in [3.8, 4) is 17.1 Å². The van der Waals surface area contributed by atoms with Crippen LogP contribution in [0.15, 0.2) is 52.2 Å². The van der Waals surface area contributed by atoms with Gasteiger partial charge in [-0.1, -0.05) is 17.7 Å². The van der Waals surface area contributed by atoms with Crippen molar-refractivity contribution in [1.29, 1.82) is 0 Å². The number of aromatic amines is 1.